The number of aliphatic hydroxyl groups is 1. The van der Waals surface area contributed by atoms with E-state index in [1.165, 1.54) is 12.8 Å². The lowest BCUT2D eigenvalue weighted by Crippen LogP contribution is -2.04. The summed E-state index contributed by atoms with van der Waals surface area (Å²) in [6.45, 7) is 2.18. The molecule has 1 saturated heterocycles. The van der Waals surface area contributed by atoms with Crippen LogP contribution in [0.2, 0.25) is 0 Å². The summed E-state index contributed by atoms with van der Waals surface area (Å²) in [6, 6.07) is 0. The Hall–Kier alpha value is -0.0800. The highest BCUT2D eigenvalue weighted by atomic mass is 16.5. The van der Waals surface area contributed by atoms with Crippen LogP contribution in [0.25, 0.3) is 0 Å². The average Bonchev–Trinajstić information content (AvgIpc) is 2.30. The topological polar surface area (TPSA) is 29.5 Å². The average molecular weight is 128 g/mol. The van der Waals surface area contributed by atoms with Gasteiger partial charge >= 0.3 is 0 Å². The van der Waals surface area contributed by atoms with E-state index in [-0.39, 0.29) is 0 Å². The van der Waals surface area contributed by atoms with Crippen LogP contribution in [0.3, 0.4) is 0 Å². The fraction of sp³-hybridized carbons (Fsp3) is 1.00. The van der Waals surface area contributed by atoms with Gasteiger partial charge in [-0.2, -0.15) is 0 Å². The lowest BCUT2D eigenvalue weighted by molar-refractivity contribution is 0.171. The van der Waals surface area contributed by atoms with E-state index in [0.29, 0.717) is 17.9 Å². The van der Waals surface area contributed by atoms with Crippen LogP contribution in [0.1, 0.15) is 12.8 Å². The van der Waals surface area contributed by atoms with Crippen LogP contribution >= 0.6 is 0 Å². The van der Waals surface area contributed by atoms with Crippen molar-refractivity contribution in [2.75, 3.05) is 19.8 Å². The van der Waals surface area contributed by atoms with Gasteiger partial charge in [-0.1, -0.05) is 0 Å². The van der Waals surface area contributed by atoms with E-state index in [9.17, 15) is 0 Å². The molecule has 0 amide bonds. The number of rotatable bonds is 1. The second kappa shape index (κ2) is 1.70. The Kier molecular flexibility index (Phi) is 1.08. The van der Waals surface area contributed by atoms with E-state index in [0.717, 1.165) is 13.2 Å². The molecule has 2 aliphatic rings. The van der Waals surface area contributed by atoms with Gasteiger partial charge in [0.05, 0.1) is 6.61 Å². The highest BCUT2D eigenvalue weighted by molar-refractivity contribution is 5.03. The minimum absolute atomic E-state index is 0.364. The predicted molar refractivity (Wildman–Crippen MR) is 33.1 cm³/mol. The fourth-order valence-corrected chi connectivity index (χ4v) is 1.80. The summed E-state index contributed by atoms with van der Waals surface area (Å²) in [5.41, 5.74) is 0.439. The summed E-state index contributed by atoms with van der Waals surface area (Å²) in [6.07, 6.45) is 2.38. The second-order valence-corrected chi connectivity index (χ2v) is 3.25. The lowest BCUT2D eigenvalue weighted by Gasteiger charge is -2.01. The zero-order valence-corrected chi connectivity index (χ0v) is 5.47. The first kappa shape index (κ1) is 5.69. The molecule has 0 unspecified atom stereocenters. The summed E-state index contributed by atoms with van der Waals surface area (Å²) >= 11 is 0. The van der Waals surface area contributed by atoms with Gasteiger partial charge in [0.25, 0.3) is 0 Å². The van der Waals surface area contributed by atoms with Gasteiger partial charge in [0.15, 0.2) is 0 Å². The minimum Gasteiger partial charge on any atom is -0.396 e. The Morgan fingerprint density at radius 1 is 1.67 bits per heavy atom. The zero-order valence-electron chi connectivity index (χ0n) is 5.47. The molecule has 52 valence electrons. The number of aliphatic hydroxyl groups excluding tert-OH is 1. The summed E-state index contributed by atoms with van der Waals surface area (Å²) in [5.74, 6) is 0.569. The molecule has 0 aromatic heterocycles. The second-order valence-electron chi connectivity index (χ2n) is 3.25. The van der Waals surface area contributed by atoms with Crippen molar-refractivity contribution in [1.82, 2.24) is 0 Å². The lowest BCUT2D eigenvalue weighted by atomic mass is 10.0. The largest absolute Gasteiger partial charge is 0.396 e. The van der Waals surface area contributed by atoms with E-state index in [4.69, 9.17) is 9.84 Å². The van der Waals surface area contributed by atoms with Gasteiger partial charge in [0.2, 0.25) is 0 Å². The van der Waals surface area contributed by atoms with E-state index < -0.39 is 0 Å². The van der Waals surface area contributed by atoms with Crippen molar-refractivity contribution < 1.29 is 9.84 Å². The van der Waals surface area contributed by atoms with Crippen LogP contribution in [0.15, 0.2) is 0 Å². The van der Waals surface area contributed by atoms with Crippen LogP contribution in [0.4, 0.5) is 0 Å². The third-order valence-electron chi connectivity index (χ3n) is 2.71. The Labute approximate surface area is 54.8 Å². The third-order valence-corrected chi connectivity index (χ3v) is 2.71. The molecular formula is C7H12O2. The van der Waals surface area contributed by atoms with Crippen molar-refractivity contribution in [2.45, 2.75) is 12.8 Å². The van der Waals surface area contributed by atoms with Gasteiger partial charge < -0.3 is 9.84 Å². The highest BCUT2D eigenvalue weighted by Crippen LogP contribution is 2.57. The van der Waals surface area contributed by atoms with Crippen molar-refractivity contribution in [3.63, 3.8) is 0 Å². The van der Waals surface area contributed by atoms with E-state index >= 15 is 0 Å². The Balaban J connectivity index is 1.97. The molecule has 1 N–H and O–H groups in total. The molecule has 1 aliphatic carbocycles. The van der Waals surface area contributed by atoms with Gasteiger partial charge in [-0.25, -0.2) is 0 Å². The Bertz CT molecular complexity index is 116. The molecule has 0 bridgehead atoms. The molecule has 1 saturated carbocycles. The third kappa shape index (κ3) is 0.700. The molecule has 2 fully saturated rings. The van der Waals surface area contributed by atoms with Gasteiger partial charge in [0.1, 0.15) is 0 Å². The first-order chi connectivity index (χ1) is 4.37. The van der Waals surface area contributed by atoms with Crippen molar-refractivity contribution in [2.24, 2.45) is 11.3 Å². The van der Waals surface area contributed by atoms with Gasteiger partial charge in [0, 0.05) is 18.6 Å². The molecule has 1 aliphatic heterocycles. The first-order valence-electron chi connectivity index (χ1n) is 3.56. The SMILES string of the molecule is OC[C@H]1C[C@@]12CCOC2. The smallest absolute Gasteiger partial charge is 0.0526 e. The van der Waals surface area contributed by atoms with Gasteiger partial charge in [-0.05, 0) is 18.8 Å². The molecule has 9 heavy (non-hydrogen) atoms. The molecule has 2 nitrogen and oxygen atoms in total. The summed E-state index contributed by atoms with van der Waals surface area (Å²) in [7, 11) is 0. The molecule has 1 spiro atoms. The van der Waals surface area contributed by atoms with Crippen molar-refractivity contribution in [3.8, 4) is 0 Å². The molecule has 1 heterocycles. The number of ether oxygens (including phenoxy) is 1. The van der Waals surface area contributed by atoms with Gasteiger partial charge in [-0.3, -0.25) is 0 Å². The fourth-order valence-electron chi connectivity index (χ4n) is 1.80. The summed E-state index contributed by atoms with van der Waals surface area (Å²) < 4.78 is 5.24. The molecule has 2 atom stereocenters. The monoisotopic (exact) mass is 128 g/mol. The zero-order chi connectivity index (χ0) is 6.32. The Morgan fingerprint density at radius 2 is 2.56 bits per heavy atom. The molecule has 0 aromatic rings. The van der Waals surface area contributed by atoms with E-state index in [2.05, 4.69) is 0 Å². The molecule has 0 aromatic carbocycles. The van der Waals surface area contributed by atoms with Crippen molar-refractivity contribution in [1.29, 1.82) is 0 Å². The maximum atomic E-state index is 8.78. The summed E-state index contributed by atoms with van der Waals surface area (Å²) in [5, 5.41) is 8.78. The van der Waals surface area contributed by atoms with E-state index in [1.807, 2.05) is 0 Å². The minimum atomic E-state index is 0.364. The number of hydrogen-bond acceptors (Lipinski definition) is 2. The van der Waals surface area contributed by atoms with Gasteiger partial charge in [-0.15, -0.1) is 0 Å². The van der Waals surface area contributed by atoms with Crippen LogP contribution in [-0.4, -0.2) is 24.9 Å². The molecule has 2 rings (SSSR count). The first-order valence-corrected chi connectivity index (χ1v) is 3.56. The van der Waals surface area contributed by atoms with Crippen LogP contribution < -0.4 is 0 Å². The maximum absolute atomic E-state index is 8.78. The molecule has 0 radical (unpaired) electrons. The standard InChI is InChI=1S/C7H12O2/c8-4-6-3-7(6)1-2-9-5-7/h6,8H,1-5H2/t6-,7-/m1/s1. The predicted octanol–water partition coefficient (Wildman–Crippen LogP) is 0.405. The van der Waals surface area contributed by atoms with Crippen LogP contribution in [0, 0.1) is 11.3 Å². The van der Waals surface area contributed by atoms with Crippen LogP contribution in [0.5, 0.6) is 0 Å². The Morgan fingerprint density at radius 3 is 3.00 bits per heavy atom. The summed E-state index contributed by atoms with van der Waals surface area (Å²) in [4.78, 5) is 0. The van der Waals surface area contributed by atoms with Crippen molar-refractivity contribution >= 4 is 0 Å². The highest BCUT2D eigenvalue weighted by Gasteiger charge is 2.55. The van der Waals surface area contributed by atoms with E-state index in [1.54, 1.807) is 0 Å². The normalized spacial score (nSPS) is 48.3. The number of hydrogen-bond donors (Lipinski definition) is 1. The van der Waals surface area contributed by atoms with Crippen LogP contribution in [-0.2, 0) is 4.74 Å². The maximum Gasteiger partial charge on any atom is 0.0526 e. The molecule has 2 heteroatoms. The molecular weight excluding hydrogens is 116 g/mol. The quantitative estimate of drug-likeness (QED) is 0.554. The van der Waals surface area contributed by atoms with Crippen molar-refractivity contribution in [3.05, 3.63) is 0 Å².